The third kappa shape index (κ3) is 7.12. The summed E-state index contributed by atoms with van der Waals surface area (Å²) in [6.07, 6.45) is 3.57. The molecule has 0 unspecified atom stereocenters. The van der Waals surface area contributed by atoms with Gasteiger partial charge in [-0.2, -0.15) is 0 Å². The minimum absolute atomic E-state index is 0.0525. The van der Waals surface area contributed by atoms with Gasteiger partial charge in [0.05, 0.1) is 6.61 Å². The molecule has 5 heteroatoms. The summed E-state index contributed by atoms with van der Waals surface area (Å²) in [6, 6.07) is 20.8. The van der Waals surface area contributed by atoms with Crippen molar-refractivity contribution in [3.63, 3.8) is 0 Å². The minimum atomic E-state index is -0.0525. The standard InChI is InChI=1S/C25H33ClN2O2/c26-15-9-3-8-14-24(29)28-18-16-27(17-19-28)20-21-30-25(22-10-4-1-5-11-22)23-12-6-2-7-13-23/h1-2,4-7,10-13,25H,3,8-9,14-21H2. The van der Waals surface area contributed by atoms with E-state index in [9.17, 15) is 4.79 Å². The van der Waals surface area contributed by atoms with Gasteiger partial charge in [0, 0.05) is 45.0 Å². The summed E-state index contributed by atoms with van der Waals surface area (Å²) >= 11 is 5.70. The highest BCUT2D eigenvalue weighted by atomic mass is 35.5. The van der Waals surface area contributed by atoms with Crippen LogP contribution < -0.4 is 0 Å². The molecule has 0 aromatic heterocycles. The Morgan fingerprint density at radius 1 is 0.867 bits per heavy atom. The molecule has 0 saturated carbocycles. The smallest absolute Gasteiger partial charge is 0.222 e. The Bertz CT molecular complexity index is 694. The van der Waals surface area contributed by atoms with Crippen LogP contribution in [0.2, 0.25) is 0 Å². The molecular formula is C25H33ClN2O2. The van der Waals surface area contributed by atoms with Gasteiger partial charge in [0.2, 0.25) is 5.91 Å². The number of benzene rings is 2. The van der Waals surface area contributed by atoms with Crippen molar-refractivity contribution in [3.8, 4) is 0 Å². The zero-order valence-corrected chi connectivity index (χ0v) is 18.5. The molecule has 0 bridgehead atoms. The summed E-state index contributed by atoms with van der Waals surface area (Å²) in [6.45, 7) is 5.01. The molecule has 1 heterocycles. The average Bonchev–Trinajstić information content (AvgIpc) is 2.81. The van der Waals surface area contributed by atoms with Crippen LogP contribution in [0.4, 0.5) is 0 Å². The topological polar surface area (TPSA) is 32.8 Å². The number of unbranched alkanes of at least 4 members (excludes halogenated alkanes) is 2. The van der Waals surface area contributed by atoms with Gasteiger partial charge in [-0.25, -0.2) is 0 Å². The van der Waals surface area contributed by atoms with Gasteiger partial charge >= 0.3 is 0 Å². The lowest BCUT2D eigenvalue weighted by Crippen LogP contribution is -2.49. The maximum atomic E-state index is 12.3. The zero-order chi connectivity index (χ0) is 21.0. The van der Waals surface area contributed by atoms with E-state index in [4.69, 9.17) is 16.3 Å². The maximum absolute atomic E-state index is 12.3. The molecule has 162 valence electrons. The number of hydrogen-bond donors (Lipinski definition) is 0. The monoisotopic (exact) mass is 428 g/mol. The number of carbonyl (C=O) groups excluding carboxylic acids is 1. The van der Waals surface area contributed by atoms with Gasteiger partial charge in [0.15, 0.2) is 0 Å². The minimum Gasteiger partial charge on any atom is -0.367 e. The zero-order valence-electron chi connectivity index (χ0n) is 17.7. The third-order valence-corrected chi connectivity index (χ3v) is 5.91. The van der Waals surface area contributed by atoms with E-state index in [-0.39, 0.29) is 12.0 Å². The number of halogens is 1. The Labute approximate surface area is 185 Å². The van der Waals surface area contributed by atoms with E-state index in [2.05, 4.69) is 53.4 Å². The van der Waals surface area contributed by atoms with E-state index in [0.29, 0.717) is 18.9 Å². The van der Waals surface area contributed by atoms with Gasteiger partial charge in [0.1, 0.15) is 6.10 Å². The highest BCUT2D eigenvalue weighted by Gasteiger charge is 2.21. The predicted molar refractivity (Wildman–Crippen MR) is 123 cm³/mol. The van der Waals surface area contributed by atoms with Crippen LogP contribution in [0.3, 0.4) is 0 Å². The van der Waals surface area contributed by atoms with Crippen LogP contribution in [-0.4, -0.2) is 60.9 Å². The molecule has 0 spiro atoms. The fourth-order valence-corrected chi connectivity index (χ4v) is 4.06. The molecule has 0 aliphatic carbocycles. The fourth-order valence-electron chi connectivity index (χ4n) is 3.87. The normalized spacial score (nSPS) is 14.9. The molecule has 0 N–H and O–H groups in total. The first-order chi connectivity index (χ1) is 14.8. The summed E-state index contributed by atoms with van der Waals surface area (Å²) in [5.74, 6) is 0.971. The second-order valence-electron chi connectivity index (χ2n) is 7.79. The average molecular weight is 429 g/mol. The summed E-state index contributed by atoms with van der Waals surface area (Å²) in [5, 5.41) is 0. The molecule has 1 aliphatic rings. The quantitative estimate of drug-likeness (QED) is 0.383. The molecule has 1 amide bonds. The first-order valence-corrected chi connectivity index (χ1v) is 11.6. The first-order valence-electron chi connectivity index (χ1n) is 11.1. The Balaban J connectivity index is 1.43. The van der Waals surface area contributed by atoms with Crippen molar-refractivity contribution in [1.29, 1.82) is 0 Å². The Morgan fingerprint density at radius 2 is 1.47 bits per heavy atom. The number of piperazine rings is 1. The Morgan fingerprint density at radius 3 is 2.03 bits per heavy atom. The van der Waals surface area contributed by atoms with Crippen molar-refractivity contribution in [2.24, 2.45) is 0 Å². The van der Waals surface area contributed by atoms with Crippen molar-refractivity contribution in [3.05, 3.63) is 71.8 Å². The molecule has 3 rings (SSSR count). The number of nitrogens with zero attached hydrogens (tertiary/aromatic N) is 2. The SMILES string of the molecule is O=C(CCCCCCl)N1CCN(CCOC(c2ccccc2)c2ccccc2)CC1. The second kappa shape index (κ2) is 12.7. The molecule has 0 atom stereocenters. The van der Waals surface area contributed by atoms with Crippen molar-refractivity contribution < 1.29 is 9.53 Å². The summed E-state index contributed by atoms with van der Waals surface area (Å²) in [7, 11) is 0. The van der Waals surface area contributed by atoms with Crippen LogP contribution in [0.15, 0.2) is 60.7 Å². The van der Waals surface area contributed by atoms with Gasteiger partial charge < -0.3 is 9.64 Å². The Kier molecular flexibility index (Phi) is 9.68. The fraction of sp³-hybridized carbons (Fsp3) is 0.480. The van der Waals surface area contributed by atoms with E-state index in [1.807, 2.05) is 17.0 Å². The molecule has 30 heavy (non-hydrogen) atoms. The van der Waals surface area contributed by atoms with Crippen molar-refractivity contribution in [2.45, 2.75) is 31.8 Å². The lowest BCUT2D eigenvalue weighted by molar-refractivity contribution is -0.133. The number of ether oxygens (including phenoxy) is 1. The molecule has 2 aromatic rings. The molecule has 1 aliphatic heterocycles. The van der Waals surface area contributed by atoms with Crippen LogP contribution in [0.1, 0.15) is 42.9 Å². The molecule has 1 fully saturated rings. The van der Waals surface area contributed by atoms with E-state index >= 15 is 0 Å². The van der Waals surface area contributed by atoms with Crippen LogP contribution in [0, 0.1) is 0 Å². The Hall–Kier alpha value is -1.88. The van der Waals surface area contributed by atoms with E-state index < -0.39 is 0 Å². The third-order valence-electron chi connectivity index (χ3n) is 5.65. The highest BCUT2D eigenvalue weighted by Crippen LogP contribution is 2.25. The summed E-state index contributed by atoms with van der Waals surface area (Å²) in [5.41, 5.74) is 2.35. The van der Waals surface area contributed by atoms with Gasteiger partial charge in [-0.1, -0.05) is 67.1 Å². The molecular weight excluding hydrogens is 396 g/mol. The van der Waals surface area contributed by atoms with Crippen LogP contribution in [-0.2, 0) is 9.53 Å². The van der Waals surface area contributed by atoms with E-state index in [1.54, 1.807) is 0 Å². The number of rotatable bonds is 11. The lowest BCUT2D eigenvalue weighted by Gasteiger charge is -2.35. The van der Waals surface area contributed by atoms with Gasteiger partial charge in [-0.05, 0) is 24.0 Å². The van der Waals surface area contributed by atoms with Gasteiger partial charge in [-0.3, -0.25) is 9.69 Å². The molecule has 1 saturated heterocycles. The number of hydrogen-bond acceptors (Lipinski definition) is 3. The molecule has 2 aromatic carbocycles. The maximum Gasteiger partial charge on any atom is 0.222 e. The molecule has 4 nitrogen and oxygen atoms in total. The summed E-state index contributed by atoms with van der Waals surface area (Å²) < 4.78 is 6.33. The molecule has 0 radical (unpaired) electrons. The van der Waals surface area contributed by atoms with Crippen LogP contribution in [0.5, 0.6) is 0 Å². The first kappa shape index (κ1) is 22.8. The highest BCUT2D eigenvalue weighted by molar-refractivity contribution is 6.17. The second-order valence-corrected chi connectivity index (χ2v) is 8.17. The van der Waals surface area contributed by atoms with Crippen LogP contribution in [0.25, 0.3) is 0 Å². The van der Waals surface area contributed by atoms with Gasteiger partial charge in [0.25, 0.3) is 0 Å². The summed E-state index contributed by atoms with van der Waals surface area (Å²) in [4.78, 5) is 16.7. The van der Waals surface area contributed by atoms with E-state index in [1.165, 1.54) is 11.1 Å². The number of alkyl halides is 1. The largest absolute Gasteiger partial charge is 0.367 e. The van der Waals surface area contributed by atoms with Crippen molar-refractivity contribution >= 4 is 17.5 Å². The van der Waals surface area contributed by atoms with Crippen molar-refractivity contribution in [1.82, 2.24) is 9.80 Å². The van der Waals surface area contributed by atoms with Crippen molar-refractivity contribution in [2.75, 3.05) is 45.2 Å². The number of carbonyl (C=O) groups is 1. The van der Waals surface area contributed by atoms with E-state index in [0.717, 1.165) is 52.0 Å². The predicted octanol–water partition coefficient (Wildman–Crippen LogP) is 4.74. The van der Waals surface area contributed by atoms with Gasteiger partial charge in [-0.15, -0.1) is 11.6 Å². The lowest BCUT2D eigenvalue weighted by atomic mass is 10.0. The van der Waals surface area contributed by atoms with Crippen LogP contribution >= 0.6 is 11.6 Å². The number of amides is 1.